The zero-order valence-electron chi connectivity index (χ0n) is 16.7. The van der Waals surface area contributed by atoms with Crippen LogP contribution < -0.4 is 10.0 Å². The van der Waals surface area contributed by atoms with Crippen molar-refractivity contribution in [1.29, 1.82) is 0 Å². The number of aryl methyl sites for hydroxylation is 3. The van der Waals surface area contributed by atoms with E-state index in [1.165, 1.54) is 12.1 Å². The van der Waals surface area contributed by atoms with Crippen LogP contribution in [-0.4, -0.2) is 46.2 Å². The molecule has 12 heteroatoms. The van der Waals surface area contributed by atoms with Crippen LogP contribution in [0.4, 0.5) is 11.5 Å². The first-order valence-corrected chi connectivity index (χ1v) is 10.5. The van der Waals surface area contributed by atoms with Crippen LogP contribution in [0.1, 0.15) is 17.2 Å². The Bertz CT molecular complexity index is 1170. The van der Waals surface area contributed by atoms with Crippen LogP contribution in [-0.2, 0) is 10.0 Å². The van der Waals surface area contributed by atoms with Crippen molar-refractivity contribution in [2.24, 2.45) is 0 Å². The van der Waals surface area contributed by atoms with Crippen molar-refractivity contribution in [3.05, 3.63) is 63.7 Å². The van der Waals surface area contributed by atoms with Crippen LogP contribution in [0.25, 0.3) is 5.82 Å². The monoisotopic (exact) mass is 431 g/mol. The maximum atomic E-state index is 12.3. The van der Waals surface area contributed by atoms with Crippen LogP contribution in [0.15, 0.2) is 41.3 Å². The van der Waals surface area contributed by atoms with Crippen molar-refractivity contribution in [2.45, 2.75) is 25.7 Å². The molecule has 0 radical (unpaired) electrons. The van der Waals surface area contributed by atoms with E-state index in [-0.39, 0.29) is 23.7 Å². The summed E-state index contributed by atoms with van der Waals surface area (Å²) in [5.41, 5.74) is 1.64. The molecule has 0 amide bonds. The number of aromatic nitrogens is 4. The predicted molar refractivity (Wildman–Crippen MR) is 110 cm³/mol. The van der Waals surface area contributed by atoms with Crippen molar-refractivity contribution in [3.8, 4) is 5.82 Å². The van der Waals surface area contributed by atoms with E-state index in [9.17, 15) is 18.5 Å². The van der Waals surface area contributed by atoms with Gasteiger partial charge in [0.05, 0.1) is 15.5 Å². The minimum Gasteiger partial charge on any atom is -0.369 e. The van der Waals surface area contributed by atoms with Gasteiger partial charge in [0.15, 0.2) is 5.82 Å². The number of sulfonamides is 1. The third kappa shape index (κ3) is 4.96. The summed E-state index contributed by atoms with van der Waals surface area (Å²) in [7, 11) is -3.78. The molecule has 0 spiro atoms. The summed E-state index contributed by atoms with van der Waals surface area (Å²) in [5.74, 6) is 1.70. The average molecular weight is 431 g/mol. The molecule has 3 rings (SSSR count). The maximum Gasteiger partial charge on any atom is 0.269 e. The molecule has 158 valence electrons. The van der Waals surface area contributed by atoms with E-state index in [0.29, 0.717) is 17.5 Å². The smallest absolute Gasteiger partial charge is 0.269 e. The molecule has 3 aromatic rings. The van der Waals surface area contributed by atoms with Gasteiger partial charge in [-0.3, -0.25) is 10.1 Å². The van der Waals surface area contributed by atoms with Gasteiger partial charge in [0.1, 0.15) is 11.6 Å². The molecule has 0 aliphatic carbocycles. The summed E-state index contributed by atoms with van der Waals surface area (Å²) < 4.78 is 28.8. The third-order valence-electron chi connectivity index (χ3n) is 4.13. The Balaban J connectivity index is 1.62. The van der Waals surface area contributed by atoms with E-state index < -0.39 is 14.9 Å². The van der Waals surface area contributed by atoms with Crippen LogP contribution in [0, 0.1) is 30.9 Å². The minimum absolute atomic E-state index is 0.0437. The van der Waals surface area contributed by atoms with Crippen LogP contribution in [0.2, 0.25) is 0 Å². The number of non-ortho nitro benzene ring substituents is 1. The fraction of sp³-hybridized carbons (Fsp3) is 0.278. The van der Waals surface area contributed by atoms with E-state index in [4.69, 9.17) is 0 Å². The van der Waals surface area contributed by atoms with Crippen molar-refractivity contribution < 1.29 is 13.3 Å². The van der Waals surface area contributed by atoms with Crippen LogP contribution >= 0.6 is 0 Å². The molecule has 30 heavy (non-hydrogen) atoms. The van der Waals surface area contributed by atoms with E-state index >= 15 is 0 Å². The molecule has 0 saturated heterocycles. The van der Waals surface area contributed by atoms with Gasteiger partial charge in [-0.2, -0.15) is 5.10 Å². The topological polar surface area (TPSA) is 145 Å². The Labute approximate surface area is 173 Å². The van der Waals surface area contributed by atoms with Gasteiger partial charge in [0, 0.05) is 37.0 Å². The average Bonchev–Trinajstić information content (AvgIpc) is 3.03. The molecule has 0 aliphatic heterocycles. The van der Waals surface area contributed by atoms with Gasteiger partial charge in [-0.25, -0.2) is 27.8 Å². The lowest BCUT2D eigenvalue weighted by Crippen LogP contribution is -2.29. The molecule has 0 fully saturated rings. The molecular weight excluding hydrogens is 410 g/mol. The fourth-order valence-electron chi connectivity index (χ4n) is 2.82. The quantitative estimate of drug-likeness (QED) is 0.312. The first-order valence-electron chi connectivity index (χ1n) is 9.03. The van der Waals surface area contributed by atoms with Crippen molar-refractivity contribution >= 4 is 21.5 Å². The standard InChI is InChI=1S/C18H21N7O4S/c1-12-10-13(2)24(23-12)18-11-17(21-14(3)22-18)19-8-9-20-30(28,29)16-6-4-15(5-7-16)25(26)27/h4-7,10-11,20H,8-9H2,1-3H3,(H,19,21,22). The highest BCUT2D eigenvalue weighted by molar-refractivity contribution is 7.89. The number of nitro benzene ring substituents is 1. The molecule has 11 nitrogen and oxygen atoms in total. The van der Waals surface area contributed by atoms with Gasteiger partial charge in [-0.1, -0.05) is 0 Å². The highest BCUT2D eigenvalue weighted by atomic mass is 32.2. The zero-order chi connectivity index (χ0) is 21.9. The molecule has 1 aromatic carbocycles. The minimum atomic E-state index is -3.78. The lowest BCUT2D eigenvalue weighted by Gasteiger charge is -2.10. The normalized spacial score (nSPS) is 11.4. The molecular formula is C18H21N7O4S. The van der Waals surface area contributed by atoms with Gasteiger partial charge in [-0.15, -0.1) is 0 Å². The molecule has 0 unspecified atom stereocenters. The van der Waals surface area contributed by atoms with Crippen molar-refractivity contribution in [2.75, 3.05) is 18.4 Å². The fourth-order valence-corrected chi connectivity index (χ4v) is 3.85. The van der Waals surface area contributed by atoms with E-state index in [1.54, 1.807) is 17.7 Å². The summed E-state index contributed by atoms with van der Waals surface area (Å²) in [6, 6.07) is 8.37. The number of nitro groups is 1. The second kappa shape index (κ2) is 8.55. The number of nitrogens with zero attached hydrogens (tertiary/aromatic N) is 5. The van der Waals surface area contributed by atoms with Crippen molar-refractivity contribution in [3.63, 3.8) is 0 Å². The number of nitrogens with one attached hydrogen (secondary N) is 2. The Kier molecular flexibility index (Phi) is 6.08. The molecule has 2 heterocycles. The lowest BCUT2D eigenvalue weighted by atomic mass is 10.3. The van der Waals surface area contributed by atoms with Crippen LogP contribution in [0.3, 0.4) is 0 Å². The van der Waals surface area contributed by atoms with E-state index in [2.05, 4.69) is 25.1 Å². The molecule has 2 aromatic heterocycles. The molecule has 0 bridgehead atoms. The Morgan fingerprint density at radius 2 is 1.77 bits per heavy atom. The van der Waals surface area contributed by atoms with Crippen LogP contribution in [0.5, 0.6) is 0 Å². The summed E-state index contributed by atoms with van der Waals surface area (Å²) in [6.45, 7) is 5.96. The summed E-state index contributed by atoms with van der Waals surface area (Å²) in [4.78, 5) is 18.8. The lowest BCUT2D eigenvalue weighted by molar-refractivity contribution is -0.384. The molecule has 0 saturated carbocycles. The number of hydrogen-bond acceptors (Lipinski definition) is 8. The highest BCUT2D eigenvalue weighted by Gasteiger charge is 2.15. The Morgan fingerprint density at radius 3 is 2.37 bits per heavy atom. The summed E-state index contributed by atoms with van der Waals surface area (Å²) >= 11 is 0. The Morgan fingerprint density at radius 1 is 1.07 bits per heavy atom. The second-order valence-electron chi connectivity index (χ2n) is 6.57. The largest absolute Gasteiger partial charge is 0.369 e. The van der Waals surface area contributed by atoms with E-state index in [1.807, 2.05) is 19.9 Å². The number of benzene rings is 1. The molecule has 2 N–H and O–H groups in total. The van der Waals surface area contributed by atoms with Gasteiger partial charge in [0.2, 0.25) is 10.0 Å². The first-order chi connectivity index (χ1) is 14.2. The van der Waals surface area contributed by atoms with Gasteiger partial charge in [0.25, 0.3) is 5.69 Å². The predicted octanol–water partition coefficient (Wildman–Crippen LogP) is 1.89. The van der Waals surface area contributed by atoms with Crippen molar-refractivity contribution in [1.82, 2.24) is 24.5 Å². The second-order valence-corrected chi connectivity index (χ2v) is 8.34. The third-order valence-corrected chi connectivity index (χ3v) is 5.61. The zero-order valence-corrected chi connectivity index (χ0v) is 17.5. The first kappa shape index (κ1) is 21.3. The summed E-state index contributed by atoms with van der Waals surface area (Å²) in [6.07, 6.45) is 0. The van der Waals surface area contributed by atoms with Gasteiger partial charge in [-0.05, 0) is 39.0 Å². The SMILES string of the molecule is Cc1cc(C)n(-c2cc(NCCNS(=O)(=O)c3ccc([N+](=O)[O-])cc3)nc(C)n2)n1. The highest BCUT2D eigenvalue weighted by Crippen LogP contribution is 2.16. The van der Waals surface area contributed by atoms with Gasteiger partial charge < -0.3 is 5.32 Å². The Hall–Kier alpha value is -3.38. The van der Waals surface area contributed by atoms with Gasteiger partial charge >= 0.3 is 0 Å². The number of anilines is 1. The number of hydrogen-bond donors (Lipinski definition) is 2. The van der Waals surface area contributed by atoms with E-state index in [0.717, 1.165) is 23.5 Å². The molecule has 0 aliphatic rings. The number of rotatable bonds is 8. The summed E-state index contributed by atoms with van der Waals surface area (Å²) in [5, 5.41) is 18.2. The maximum absolute atomic E-state index is 12.3. The molecule has 0 atom stereocenters.